The molecule has 3 aromatic carbocycles. The van der Waals surface area contributed by atoms with Crippen LogP contribution in [0.25, 0.3) is 6.08 Å². The van der Waals surface area contributed by atoms with Gasteiger partial charge in [0.15, 0.2) is 0 Å². The zero-order valence-electron chi connectivity index (χ0n) is 16.6. The second-order valence-electron chi connectivity index (χ2n) is 7.00. The Hall–Kier alpha value is -1.75. The summed E-state index contributed by atoms with van der Waals surface area (Å²) in [6.07, 6.45) is 1.82. The van der Waals surface area contributed by atoms with Gasteiger partial charge in [0, 0.05) is 3.57 Å². The molecular weight excluding hydrogens is 624 g/mol. The lowest BCUT2D eigenvalue weighted by Crippen LogP contribution is -2.27. The highest BCUT2D eigenvalue weighted by molar-refractivity contribution is 14.1. The first-order valence-electron chi connectivity index (χ1n) is 9.55. The fraction of sp³-hybridized carbons (Fsp3) is 0.0833. The molecule has 1 aliphatic rings. The van der Waals surface area contributed by atoms with Crippen molar-refractivity contribution in [1.82, 2.24) is 4.90 Å². The van der Waals surface area contributed by atoms with Gasteiger partial charge >= 0.3 is 0 Å². The van der Waals surface area contributed by atoms with Crippen LogP contribution >= 0.6 is 62.5 Å². The number of hydrogen-bond acceptors (Lipinski definition) is 4. The Balaban J connectivity index is 1.44. The molecule has 0 saturated carbocycles. The monoisotopic (exact) mass is 639 g/mol. The van der Waals surface area contributed by atoms with E-state index in [9.17, 15) is 9.18 Å². The topological polar surface area (TPSA) is 29.5 Å². The fourth-order valence-corrected chi connectivity index (χ4v) is 5.15. The van der Waals surface area contributed by atoms with E-state index in [2.05, 4.69) is 38.5 Å². The first-order valence-corrected chi connectivity index (χ1v) is 12.7. The summed E-state index contributed by atoms with van der Waals surface area (Å²) in [5, 5.41) is 0. The van der Waals surface area contributed by atoms with E-state index in [4.69, 9.17) is 17.0 Å². The van der Waals surface area contributed by atoms with E-state index >= 15 is 0 Å². The van der Waals surface area contributed by atoms with Crippen LogP contribution in [0.3, 0.4) is 0 Å². The van der Waals surface area contributed by atoms with Gasteiger partial charge in [-0.15, -0.1) is 0 Å². The summed E-state index contributed by atoms with van der Waals surface area (Å²) in [6, 6.07) is 19.9. The lowest BCUT2D eigenvalue weighted by atomic mass is 10.2. The number of thiocarbonyl (C=S) groups is 1. The van der Waals surface area contributed by atoms with Crippen molar-refractivity contribution < 1.29 is 13.9 Å². The van der Waals surface area contributed by atoms with Crippen molar-refractivity contribution in [3.63, 3.8) is 0 Å². The highest BCUT2D eigenvalue weighted by Crippen LogP contribution is 2.35. The molecule has 32 heavy (non-hydrogen) atoms. The van der Waals surface area contributed by atoms with Crippen molar-refractivity contribution in [3.8, 4) is 5.75 Å². The summed E-state index contributed by atoms with van der Waals surface area (Å²) in [5.74, 6) is 0.264. The van der Waals surface area contributed by atoms with Gasteiger partial charge in [0.05, 0.1) is 15.9 Å². The Bertz CT molecular complexity index is 1200. The molecule has 8 heteroatoms. The molecule has 0 radical (unpaired) electrons. The van der Waals surface area contributed by atoms with E-state index in [1.807, 2.05) is 48.5 Å². The number of benzene rings is 3. The molecule has 1 amide bonds. The number of hydrogen-bond donors (Lipinski definition) is 0. The van der Waals surface area contributed by atoms with Crippen LogP contribution in [0, 0.1) is 9.39 Å². The zero-order chi connectivity index (χ0) is 22.7. The van der Waals surface area contributed by atoms with Crippen molar-refractivity contribution in [2.45, 2.75) is 13.2 Å². The number of rotatable bonds is 6. The molecule has 3 aromatic rings. The van der Waals surface area contributed by atoms with E-state index in [0.717, 1.165) is 26.9 Å². The van der Waals surface area contributed by atoms with Gasteiger partial charge in [0.25, 0.3) is 5.91 Å². The summed E-state index contributed by atoms with van der Waals surface area (Å²) in [6.45, 7) is 0.786. The van der Waals surface area contributed by atoms with Gasteiger partial charge in [-0.25, -0.2) is 4.39 Å². The summed E-state index contributed by atoms with van der Waals surface area (Å²) < 4.78 is 21.5. The molecule has 1 aliphatic heterocycles. The van der Waals surface area contributed by atoms with Crippen molar-refractivity contribution in [2.75, 3.05) is 0 Å². The van der Waals surface area contributed by atoms with Gasteiger partial charge < -0.3 is 4.74 Å². The van der Waals surface area contributed by atoms with Gasteiger partial charge in [-0.2, -0.15) is 0 Å². The molecule has 1 saturated heterocycles. The Morgan fingerprint density at radius 1 is 1.06 bits per heavy atom. The standard InChI is InChI=1S/C24H16BrFINO2S2/c25-20-11-17(5-10-21(20)30-14-16-3-8-19(27)9-4-16)12-22-23(29)28(24(31)32-22)13-15-1-6-18(26)7-2-15/h1-12H,13-14H2. The van der Waals surface area contributed by atoms with E-state index in [-0.39, 0.29) is 11.7 Å². The van der Waals surface area contributed by atoms with Gasteiger partial charge in [-0.3, -0.25) is 9.69 Å². The number of amides is 1. The number of thioether (sulfide) groups is 1. The number of halogens is 3. The lowest BCUT2D eigenvalue weighted by Gasteiger charge is -2.14. The molecular formula is C24H16BrFINO2S2. The third kappa shape index (κ3) is 5.78. The molecule has 0 spiro atoms. The maximum absolute atomic E-state index is 13.1. The Morgan fingerprint density at radius 2 is 1.75 bits per heavy atom. The van der Waals surface area contributed by atoms with Gasteiger partial charge in [0.2, 0.25) is 0 Å². The van der Waals surface area contributed by atoms with E-state index in [1.165, 1.54) is 32.4 Å². The second-order valence-corrected chi connectivity index (χ2v) is 10.8. The van der Waals surface area contributed by atoms with Gasteiger partial charge in [-0.1, -0.05) is 54.3 Å². The van der Waals surface area contributed by atoms with Crippen LogP contribution in [0.15, 0.2) is 76.1 Å². The zero-order valence-corrected chi connectivity index (χ0v) is 21.9. The molecule has 0 aromatic heterocycles. The first-order chi connectivity index (χ1) is 15.4. The third-order valence-electron chi connectivity index (χ3n) is 4.69. The van der Waals surface area contributed by atoms with Gasteiger partial charge in [0.1, 0.15) is 22.5 Å². The highest BCUT2D eigenvalue weighted by Gasteiger charge is 2.32. The minimum atomic E-state index is -0.310. The van der Waals surface area contributed by atoms with E-state index in [0.29, 0.717) is 22.4 Å². The number of ether oxygens (including phenoxy) is 1. The van der Waals surface area contributed by atoms with E-state index < -0.39 is 0 Å². The Kier molecular flexibility index (Phi) is 7.65. The first kappa shape index (κ1) is 23.4. The molecule has 1 heterocycles. The maximum Gasteiger partial charge on any atom is 0.266 e. The normalized spacial score (nSPS) is 15.0. The van der Waals surface area contributed by atoms with Crippen molar-refractivity contribution in [1.29, 1.82) is 0 Å². The molecule has 0 aliphatic carbocycles. The van der Waals surface area contributed by atoms with Crippen molar-refractivity contribution in [2.24, 2.45) is 0 Å². The molecule has 1 fully saturated rings. The highest BCUT2D eigenvalue weighted by atomic mass is 127. The SMILES string of the molecule is O=C1C(=Cc2ccc(OCc3ccc(I)cc3)c(Br)c2)SC(=S)N1Cc1ccc(F)cc1. The summed E-state index contributed by atoms with van der Waals surface area (Å²) in [7, 11) is 0. The largest absolute Gasteiger partial charge is 0.488 e. The number of carbonyl (C=O) groups excluding carboxylic acids is 1. The molecule has 3 nitrogen and oxygen atoms in total. The van der Waals surface area contributed by atoms with E-state index in [1.54, 1.807) is 12.1 Å². The van der Waals surface area contributed by atoms with Crippen LogP contribution in [0.4, 0.5) is 4.39 Å². The third-order valence-corrected chi connectivity index (χ3v) is 7.41. The average molecular weight is 640 g/mol. The predicted molar refractivity (Wildman–Crippen MR) is 143 cm³/mol. The minimum Gasteiger partial charge on any atom is -0.488 e. The average Bonchev–Trinajstić information content (AvgIpc) is 3.03. The fourth-order valence-electron chi connectivity index (χ4n) is 3.03. The van der Waals surface area contributed by atoms with Crippen LogP contribution < -0.4 is 4.74 Å². The van der Waals surface area contributed by atoms with Crippen LogP contribution in [-0.4, -0.2) is 15.1 Å². The quantitative estimate of drug-likeness (QED) is 0.162. The summed E-state index contributed by atoms with van der Waals surface area (Å²) in [4.78, 5) is 15.0. The number of carbonyl (C=O) groups is 1. The van der Waals surface area contributed by atoms with Crippen molar-refractivity contribution >= 4 is 78.8 Å². The lowest BCUT2D eigenvalue weighted by molar-refractivity contribution is -0.122. The maximum atomic E-state index is 13.1. The van der Waals surface area contributed by atoms with Gasteiger partial charge in [-0.05, 0) is 97.7 Å². The van der Waals surface area contributed by atoms with Crippen molar-refractivity contribution in [3.05, 3.63) is 102 Å². The van der Waals surface area contributed by atoms with Crippen LogP contribution in [0.5, 0.6) is 5.75 Å². The minimum absolute atomic E-state index is 0.153. The molecule has 0 atom stereocenters. The summed E-state index contributed by atoms with van der Waals surface area (Å²) >= 11 is 12.5. The Morgan fingerprint density at radius 3 is 2.44 bits per heavy atom. The second kappa shape index (κ2) is 10.5. The van der Waals surface area contributed by atoms with Crippen LogP contribution in [0.1, 0.15) is 16.7 Å². The smallest absolute Gasteiger partial charge is 0.266 e. The molecule has 0 N–H and O–H groups in total. The summed E-state index contributed by atoms with van der Waals surface area (Å²) in [5.41, 5.74) is 2.77. The molecule has 0 bridgehead atoms. The van der Waals surface area contributed by atoms with Crippen LogP contribution in [-0.2, 0) is 17.9 Å². The Labute approximate surface area is 217 Å². The molecule has 162 valence electrons. The number of nitrogens with zero attached hydrogens (tertiary/aromatic N) is 1. The predicted octanol–water partition coefficient (Wildman–Crippen LogP) is 7.17. The molecule has 4 rings (SSSR count). The van der Waals surface area contributed by atoms with Crippen LogP contribution in [0.2, 0.25) is 0 Å². The molecule has 0 unspecified atom stereocenters.